The highest BCUT2D eigenvalue weighted by molar-refractivity contribution is 7.89. The average molecular weight is 309 g/mol. The van der Waals surface area contributed by atoms with Crippen molar-refractivity contribution in [2.24, 2.45) is 0 Å². The first-order valence-electron chi connectivity index (χ1n) is 6.40. The average Bonchev–Trinajstić information content (AvgIpc) is 2.48. The molecule has 0 amide bonds. The SMILES string of the molecule is CC(NS(=O)(=O)c1cc(CO)ccc1F)c1ccccc1. The van der Waals surface area contributed by atoms with E-state index in [0.717, 1.165) is 17.7 Å². The van der Waals surface area contributed by atoms with Crippen LogP contribution in [0.5, 0.6) is 0 Å². The van der Waals surface area contributed by atoms with E-state index in [1.807, 2.05) is 6.07 Å². The predicted molar refractivity (Wildman–Crippen MR) is 77.5 cm³/mol. The van der Waals surface area contributed by atoms with Gasteiger partial charge in [0.15, 0.2) is 0 Å². The summed E-state index contributed by atoms with van der Waals surface area (Å²) in [5.74, 6) is -0.847. The van der Waals surface area contributed by atoms with E-state index in [0.29, 0.717) is 5.56 Å². The van der Waals surface area contributed by atoms with Crippen molar-refractivity contribution < 1.29 is 17.9 Å². The molecule has 2 aromatic carbocycles. The van der Waals surface area contributed by atoms with Gasteiger partial charge in [0.2, 0.25) is 10.0 Å². The van der Waals surface area contributed by atoms with Gasteiger partial charge in [-0.3, -0.25) is 0 Å². The van der Waals surface area contributed by atoms with Gasteiger partial charge < -0.3 is 5.11 Å². The molecular formula is C15H16FNO3S. The minimum absolute atomic E-state index is 0.337. The Morgan fingerprint density at radius 3 is 2.48 bits per heavy atom. The van der Waals surface area contributed by atoms with Crippen molar-refractivity contribution in [3.63, 3.8) is 0 Å². The molecule has 0 heterocycles. The summed E-state index contributed by atoms with van der Waals surface area (Å²) in [6, 6.07) is 12.0. The number of sulfonamides is 1. The van der Waals surface area contributed by atoms with Crippen LogP contribution in [0.2, 0.25) is 0 Å². The van der Waals surface area contributed by atoms with Crippen LogP contribution in [-0.2, 0) is 16.6 Å². The summed E-state index contributed by atoms with van der Waals surface area (Å²) in [5.41, 5.74) is 1.11. The third kappa shape index (κ3) is 3.66. The maximum absolute atomic E-state index is 13.8. The van der Waals surface area contributed by atoms with Crippen molar-refractivity contribution >= 4 is 10.0 Å². The van der Waals surface area contributed by atoms with Gasteiger partial charge in [0.1, 0.15) is 10.7 Å². The maximum Gasteiger partial charge on any atom is 0.244 e. The molecule has 2 aromatic rings. The molecule has 112 valence electrons. The highest BCUT2D eigenvalue weighted by Gasteiger charge is 2.22. The van der Waals surface area contributed by atoms with Gasteiger partial charge in [-0.1, -0.05) is 36.4 Å². The number of hydrogen-bond donors (Lipinski definition) is 2. The predicted octanol–water partition coefficient (Wildman–Crippen LogP) is 2.36. The number of hydrogen-bond acceptors (Lipinski definition) is 3. The van der Waals surface area contributed by atoms with E-state index in [2.05, 4.69) is 4.72 Å². The molecule has 0 saturated heterocycles. The van der Waals surface area contributed by atoms with Crippen LogP contribution in [0.15, 0.2) is 53.4 Å². The van der Waals surface area contributed by atoms with Crippen molar-refractivity contribution in [1.82, 2.24) is 4.72 Å². The second-order valence-corrected chi connectivity index (χ2v) is 6.36. The molecule has 0 aromatic heterocycles. The molecule has 0 aliphatic rings. The van der Waals surface area contributed by atoms with E-state index >= 15 is 0 Å². The number of halogens is 1. The van der Waals surface area contributed by atoms with Gasteiger partial charge in [-0.15, -0.1) is 0 Å². The van der Waals surface area contributed by atoms with Gasteiger partial charge in [0, 0.05) is 6.04 Å². The number of rotatable bonds is 5. The summed E-state index contributed by atoms with van der Waals surface area (Å²) in [6.07, 6.45) is 0. The Morgan fingerprint density at radius 2 is 1.86 bits per heavy atom. The van der Waals surface area contributed by atoms with Crippen LogP contribution < -0.4 is 4.72 Å². The molecule has 21 heavy (non-hydrogen) atoms. The Bertz CT molecular complexity index is 717. The van der Waals surface area contributed by atoms with E-state index < -0.39 is 26.8 Å². The zero-order valence-electron chi connectivity index (χ0n) is 11.5. The minimum Gasteiger partial charge on any atom is -0.392 e. The molecule has 2 rings (SSSR count). The first-order valence-corrected chi connectivity index (χ1v) is 7.89. The lowest BCUT2D eigenvalue weighted by atomic mass is 10.1. The Morgan fingerprint density at radius 1 is 1.19 bits per heavy atom. The summed E-state index contributed by atoms with van der Waals surface area (Å²) in [6.45, 7) is 1.33. The van der Waals surface area contributed by atoms with E-state index in [9.17, 15) is 12.8 Å². The second kappa shape index (κ2) is 6.34. The van der Waals surface area contributed by atoms with E-state index in [1.54, 1.807) is 31.2 Å². The van der Waals surface area contributed by atoms with Crippen LogP contribution in [0.3, 0.4) is 0 Å². The number of nitrogens with one attached hydrogen (secondary N) is 1. The monoisotopic (exact) mass is 309 g/mol. The Kier molecular flexibility index (Phi) is 4.72. The lowest BCUT2D eigenvalue weighted by molar-refractivity contribution is 0.281. The Balaban J connectivity index is 2.30. The third-order valence-corrected chi connectivity index (χ3v) is 4.65. The topological polar surface area (TPSA) is 66.4 Å². The van der Waals surface area contributed by atoms with E-state index in [-0.39, 0.29) is 6.61 Å². The summed E-state index contributed by atoms with van der Waals surface area (Å²) >= 11 is 0. The van der Waals surface area contributed by atoms with E-state index in [4.69, 9.17) is 5.11 Å². The summed E-state index contributed by atoms with van der Waals surface area (Å²) in [7, 11) is -4.01. The first-order chi connectivity index (χ1) is 9.94. The van der Waals surface area contributed by atoms with Crippen LogP contribution in [0.1, 0.15) is 24.1 Å². The van der Waals surface area contributed by atoms with Gasteiger partial charge in [-0.25, -0.2) is 17.5 Å². The molecule has 0 aliphatic heterocycles. The first kappa shape index (κ1) is 15.6. The fourth-order valence-corrected chi connectivity index (χ4v) is 3.32. The van der Waals surface area contributed by atoms with Crippen LogP contribution in [0.4, 0.5) is 4.39 Å². The van der Waals surface area contributed by atoms with Crippen LogP contribution in [0, 0.1) is 5.82 Å². The summed E-state index contributed by atoms with van der Waals surface area (Å²) < 4.78 is 40.7. The van der Waals surface area contributed by atoms with Crippen molar-refractivity contribution in [2.75, 3.05) is 0 Å². The number of aliphatic hydroxyl groups excluding tert-OH is 1. The van der Waals surface area contributed by atoms with Crippen LogP contribution in [-0.4, -0.2) is 13.5 Å². The van der Waals surface area contributed by atoms with Gasteiger partial charge >= 0.3 is 0 Å². The minimum atomic E-state index is -4.01. The normalized spacial score (nSPS) is 13.1. The van der Waals surface area contributed by atoms with E-state index in [1.165, 1.54) is 6.07 Å². The fourth-order valence-electron chi connectivity index (χ4n) is 1.96. The molecule has 1 unspecified atom stereocenters. The number of aliphatic hydroxyl groups is 1. The molecule has 0 saturated carbocycles. The van der Waals surface area contributed by atoms with Crippen LogP contribution in [0.25, 0.3) is 0 Å². The number of benzene rings is 2. The zero-order chi connectivity index (χ0) is 15.5. The molecule has 6 heteroatoms. The third-order valence-electron chi connectivity index (χ3n) is 3.10. The molecular weight excluding hydrogens is 293 g/mol. The summed E-state index contributed by atoms with van der Waals surface area (Å²) in [5, 5.41) is 9.04. The molecule has 0 radical (unpaired) electrons. The van der Waals surface area contributed by atoms with Crippen molar-refractivity contribution in [3.8, 4) is 0 Å². The van der Waals surface area contributed by atoms with Crippen LogP contribution >= 0.6 is 0 Å². The molecule has 2 N–H and O–H groups in total. The lowest BCUT2D eigenvalue weighted by Crippen LogP contribution is -2.27. The van der Waals surface area contributed by atoms with Crippen molar-refractivity contribution in [1.29, 1.82) is 0 Å². The smallest absolute Gasteiger partial charge is 0.244 e. The van der Waals surface area contributed by atoms with Gasteiger partial charge in [-0.05, 0) is 30.2 Å². The molecule has 0 bridgehead atoms. The maximum atomic E-state index is 13.8. The summed E-state index contributed by atoms with van der Waals surface area (Å²) in [4.78, 5) is -0.461. The van der Waals surface area contributed by atoms with Gasteiger partial charge in [-0.2, -0.15) is 0 Å². The highest BCUT2D eigenvalue weighted by atomic mass is 32.2. The molecule has 0 fully saturated rings. The van der Waals surface area contributed by atoms with Gasteiger partial charge in [0.25, 0.3) is 0 Å². The lowest BCUT2D eigenvalue weighted by Gasteiger charge is -2.15. The molecule has 0 aliphatic carbocycles. The van der Waals surface area contributed by atoms with Crippen molar-refractivity contribution in [2.45, 2.75) is 24.5 Å². The zero-order valence-corrected chi connectivity index (χ0v) is 12.3. The molecule has 1 atom stereocenters. The standard InChI is InChI=1S/C15H16FNO3S/c1-11(13-5-3-2-4-6-13)17-21(19,20)15-9-12(10-18)7-8-14(15)16/h2-9,11,17-18H,10H2,1H3. The van der Waals surface area contributed by atoms with Crippen molar-refractivity contribution in [3.05, 3.63) is 65.5 Å². The molecule has 0 spiro atoms. The fraction of sp³-hybridized carbons (Fsp3) is 0.200. The molecule has 4 nitrogen and oxygen atoms in total. The largest absolute Gasteiger partial charge is 0.392 e. The Labute approximate surface area is 123 Å². The van der Waals surface area contributed by atoms with Gasteiger partial charge in [0.05, 0.1) is 6.61 Å². The second-order valence-electron chi connectivity index (χ2n) is 4.68. The highest BCUT2D eigenvalue weighted by Crippen LogP contribution is 2.20. The Hall–Kier alpha value is -1.76. The quantitative estimate of drug-likeness (QED) is 0.891.